The number of ketones is 1. The van der Waals surface area contributed by atoms with E-state index in [1.165, 1.54) is 6.07 Å². The minimum absolute atomic E-state index is 0.0593. The zero-order valence-corrected chi connectivity index (χ0v) is 11.0. The highest BCUT2D eigenvalue weighted by Crippen LogP contribution is 2.24. The smallest absolute Gasteiger partial charge is 0.330 e. The van der Waals surface area contributed by atoms with E-state index in [2.05, 4.69) is 4.74 Å². The number of carbonyl (C=O) groups excluding carboxylic acids is 1. The summed E-state index contributed by atoms with van der Waals surface area (Å²) >= 11 is 0. The Morgan fingerprint density at radius 3 is 2.71 bits per heavy atom. The van der Waals surface area contributed by atoms with E-state index in [0.717, 1.165) is 5.56 Å². The number of alkyl halides is 4. The number of ether oxygens (including phenoxy) is 1. The molecule has 0 saturated carbocycles. The Bertz CT molecular complexity index is 649. The van der Waals surface area contributed by atoms with Crippen LogP contribution < -0.4 is 0 Å². The fourth-order valence-electron chi connectivity index (χ4n) is 1.71. The topological polar surface area (TPSA) is 39.4 Å². The van der Waals surface area contributed by atoms with Gasteiger partial charge in [0.1, 0.15) is 18.8 Å². The number of fused-ring (bicyclic) bond motifs is 1. The largest absolute Gasteiger partial charge is 0.453 e. The summed E-state index contributed by atoms with van der Waals surface area (Å²) in [5.74, 6) is -5.02. The van der Waals surface area contributed by atoms with E-state index in [-0.39, 0.29) is 5.76 Å². The summed E-state index contributed by atoms with van der Waals surface area (Å²) in [6.45, 7) is -0.402. The van der Waals surface area contributed by atoms with Gasteiger partial charge in [-0.25, -0.2) is 8.78 Å². The Kier molecular flexibility index (Phi) is 4.32. The lowest BCUT2D eigenvalue weighted by Gasteiger charge is -2.14. The van der Waals surface area contributed by atoms with Crippen molar-refractivity contribution in [1.82, 2.24) is 0 Å². The van der Waals surface area contributed by atoms with E-state index >= 15 is 0 Å². The molecule has 0 bridgehead atoms. The predicted octanol–water partition coefficient (Wildman–Crippen LogP) is 3.84. The highest BCUT2D eigenvalue weighted by molar-refractivity contribution is 5.98. The number of hydrogen-bond donors (Lipinski definition) is 0. The third kappa shape index (κ3) is 3.60. The summed E-state index contributed by atoms with van der Waals surface area (Å²) < 4.78 is 58.6. The van der Waals surface area contributed by atoms with Crippen LogP contribution in [-0.4, -0.2) is 31.3 Å². The molecule has 3 nitrogen and oxygen atoms in total. The molecule has 1 aromatic carbocycles. The van der Waals surface area contributed by atoms with Crippen LogP contribution in [0.25, 0.3) is 11.0 Å². The number of Topliss-reactive ketones (excluding diaryl/α,β-unsaturated/α-hetero) is 1. The highest BCUT2D eigenvalue weighted by atomic mass is 19.3. The van der Waals surface area contributed by atoms with Crippen LogP contribution in [0.1, 0.15) is 16.1 Å². The average Bonchev–Trinajstić information content (AvgIpc) is 2.81. The van der Waals surface area contributed by atoms with Gasteiger partial charge in [-0.3, -0.25) is 4.79 Å². The molecule has 114 valence electrons. The van der Waals surface area contributed by atoms with Crippen molar-refractivity contribution in [2.24, 2.45) is 0 Å². The maximum Gasteiger partial charge on any atom is 0.330 e. The van der Waals surface area contributed by atoms with Crippen molar-refractivity contribution in [1.29, 1.82) is 0 Å². The minimum Gasteiger partial charge on any atom is -0.453 e. The molecule has 21 heavy (non-hydrogen) atoms. The van der Waals surface area contributed by atoms with Crippen molar-refractivity contribution in [3.63, 3.8) is 0 Å². The first-order valence-electron chi connectivity index (χ1n) is 6.07. The summed E-state index contributed by atoms with van der Waals surface area (Å²) in [6, 6.07) is 6.72. The van der Waals surface area contributed by atoms with Crippen LogP contribution in [0.4, 0.5) is 17.6 Å². The van der Waals surface area contributed by atoms with E-state index in [0.29, 0.717) is 11.0 Å². The molecule has 1 heterocycles. The van der Waals surface area contributed by atoms with E-state index in [1.807, 2.05) is 6.92 Å². The normalized spacial score (nSPS) is 12.3. The van der Waals surface area contributed by atoms with E-state index in [1.54, 1.807) is 18.2 Å². The molecule has 7 heteroatoms. The van der Waals surface area contributed by atoms with Crippen molar-refractivity contribution < 1.29 is 31.5 Å². The number of hydrogen-bond acceptors (Lipinski definition) is 3. The minimum atomic E-state index is -4.27. The van der Waals surface area contributed by atoms with Gasteiger partial charge in [-0.1, -0.05) is 11.6 Å². The molecule has 0 aliphatic rings. The Morgan fingerprint density at radius 1 is 1.33 bits per heavy atom. The van der Waals surface area contributed by atoms with Gasteiger partial charge < -0.3 is 9.15 Å². The Balaban J connectivity index is 1.99. The number of furan rings is 1. The molecule has 0 N–H and O–H groups in total. The average molecular weight is 304 g/mol. The lowest BCUT2D eigenvalue weighted by molar-refractivity contribution is -0.163. The predicted molar refractivity (Wildman–Crippen MR) is 67.1 cm³/mol. The molecular weight excluding hydrogens is 292 g/mol. The van der Waals surface area contributed by atoms with Gasteiger partial charge >= 0.3 is 12.3 Å². The van der Waals surface area contributed by atoms with Crippen LogP contribution in [0.3, 0.4) is 0 Å². The van der Waals surface area contributed by atoms with Crippen molar-refractivity contribution in [2.45, 2.75) is 19.3 Å². The fourth-order valence-corrected chi connectivity index (χ4v) is 1.71. The summed E-state index contributed by atoms with van der Waals surface area (Å²) in [5, 5.41) is 0.691. The molecule has 1 aromatic heterocycles. The number of halogens is 4. The van der Waals surface area contributed by atoms with E-state index in [9.17, 15) is 22.4 Å². The zero-order valence-electron chi connectivity index (χ0n) is 11.0. The molecule has 0 atom stereocenters. The molecule has 0 amide bonds. The number of aryl methyl sites for hydroxylation is 1. The van der Waals surface area contributed by atoms with Crippen LogP contribution >= 0.6 is 0 Å². The molecule has 0 fully saturated rings. The third-order valence-electron chi connectivity index (χ3n) is 2.79. The number of carbonyl (C=O) groups is 1. The summed E-state index contributed by atoms with van der Waals surface area (Å²) in [7, 11) is 0. The first-order valence-corrected chi connectivity index (χ1v) is 6.07. The monoisotopic (exact) mass is 304 g/mol. The third-order valence-corrected chi connectivity index (χ3v) is 2.79. The first-order chi connectivity index (χ1) is 9.79. The van der Waals surface area contributed by atoms with Gasteiger partial charge in [-0.05, 0) is 25.1 Å². The van der Waals surface area contributed by atoms with E-state index in [4.69, 9.17) is 4.42 Å². The highest BCUT2D eigenvalue weighted by Gasteiger charge is 2.41. The lowest BCUT2D eigenvalue weighted by Crippen LogP contribution is -2.33. The fraction of sp³-hybridized carbons (Fsp3) is 0.357. The van der Waals surface area contributed by atoms with Crippen LogP contribution in [0.15, 0.2) is 28.7 Å². The molecule has 2 aromatic rings. The SMILES string of the molecule is Cc1ccc2oc(C(=O)COCC(F)(F)C(F)F)cc2c1. The van der Waals surface area contributed by atoms with Gasteiger partial charge in [0.15, 0.2) is 5.76 Å². The number of rotatable bonds is 6. The Morgan fingerprint density at radius 2 is 2.05 bits per heavy atom. The van der Waals surface area contributed by atoms with Crippen molar-refractivity contribution >= 4 is 16.8 Å². The zero-order chi connectivity index (χ0) is 15.6. The standard InChI is InChI=1S/C14H12F4O3/c1-8-2-3-11-9(4-8)5-12(21-11)10(19)6-20-7-14(17,18)13(15)16/h2-5,13H,6-7H2,1H3. The summed E-state index contributed by atoms with van der Waals surface area (Å²) in [4.78, 5) is 11.7. The van der Waals surface area contributed by atoms with Crippen molar-refractivity contribution in [3.8, 4) is 0 Å². The molecule has 0 spiro atoms. The number of benzene rings is 1. The van der Waals surface area contributed by atoms with Gasteiger partial charge in [-0.2, -0.15) is 8.78 Å². The molecule has 0 unspecified atom stereocenters. The quantitative estimate of drug-likeness (QED) is 0.601. The first kappa shape index (κ1) is 15.5. The molecule has 0 saturated heterocycles. The van der Waals surface area contributed by atoms with Gasteiger partial charge in [-0.15, -0.1) is 0 Å². The van der Waals surface area contributed by atoms with Gasteiger partial charge in [0.05, 0.1) is 0 Å². The van der Waals surface area contributed by atoms with Crippen molar-refractivity contribution in [3.05, 3.63) is 35.6 Å². The van der Waals surface area contributed by atoms with Crippen LogP contribution in [0.5, 0.6) is 0 Å². The van der Waals surface area contributed by atoms with Gasteiger partial charge in [0, 0.05) is 5.39 Å². The Labute approximate surface area is 117 Å². The van der Waals surface area contributed by atoms with Crippen LogP contribution in [-0.2, 0) is 4.74 Å². The van der Waals surface area contributed by atoms with Crippen molar-refractivity contribution in [2.75, 3.05) is 13.2 Å². The molecule has 0 aliphatic carbocycles. The summed E-state index contributed by atoms with van der Waals surface area (Å²) in [5.41, 5.74) is 1.44. The molecular formula is C14H12F4O3. The second-order valence-electron chi connectivity index (χ2n) is 4.63. The lowest BCUT2D eigenvalue weighted by atomic mass is 10.2. The summed E-state index contributed by atoms with van der Waals surface area (Å²) in [6.07, 6.45) is -3.83. The second kappa shape index (κ2) is 5.85. The molecule has 0 aliphatic heterocycles. The molecule has 0 radical (unpaired) electrons. The van der Waals surface area contributed by atoms with Gasteiger partial charge in [0.2, 0.25) is 5.78 Å². The maximum atomic E-state index is 12.6. The van der Waals surface area contributed by atoms with Gasteiger partial charge in [0.25, 0.3) is 0 Å². The maximum absolute atomic E-state index is 12.6. The van der Waals surface area contributed by atoms with E-state index < -0.39 is 31.3 Å². The van der Waals surface area contributed by atoms with Crippen LogP contribution in [0, 0.1) is 6.92 Å². The second-order valence-corrected chi connectivity index (χ2v) is 4.63. The van der Waals surface area contributed by atoms with Crippen LogP contribution in [0.2, 0.25) is 0 Å². The Hall–Kier alpha value is -1.89. The molecule has 2 rings (SSSR count).